The maximum Gasteiger partial charge on any atom is 0.243 e. The predicted octanol–water partition coefficient (Wildman–Crippen LogP) is 4.43. The van der Waals surface area contributed by atoms with Gasteiger partial charge in [-0.2, -0.15) is 5.10 Å². The van der Waals surface area contributed by atoms with Crippen molar-refractivity contribution in [3.05, 3.63) is 52.6 Å². The fourth-order valence-electron chi connectivity index (χ4n) is 2.78. The van der Waals surface area contributed by atoms with Crippen LogP contribution in [0.25, 0.3) is 21.5 Å². The van der Waals surface area contributed by atoms with E-state index in [0.29, 0.717) is 34.7 Å². The Morgan fingerprint density at radius 1 is 1.07 bits per heavy atom. The van der Waals surface area contributed by atoms with Gasteiger partial charge < -0.3 is 14.8 Å². The van der Waals surface area contributed by atoms with E-state index < -0.39 is 0 Å². The summed E-state index contributed by atoms with van der Waals surface area (Å²) in [6, 6.07) is 11.2. The lowest BCUT2D eigenvalue weighted by Gasteiger charge is -2.12. The van der Waals surface area contributed by atoms with Crippen LogP contribution in [-0.2, 0) is 6.54 Å². The van der Waals surface area contributed by atoms with Crippen LogP contribution < -0.4 is 14.8 Å². The summed E-state index contributed by atoms with van der Waals surface area (Å²) in [6.07, 6.45) is 1.57. The van der Waals surface area contributed by atoms with E-state index in [9.17, 15) is 0 Å². The van der Waals surface area contributed by atoms with Gasteiger partial charge in [0.05, 0.1) is 42.7 Å². The first kappa shape index (κ1) is 18.4. The largest absolute Gasteiger partial charge is 0.496 e. The number of hydrogen-bond acceptors (Lipinski definition) is 8. The molecule has 0 amide bonds. The van der Waals surface area contributed by atoms with Gasteiger partial charge in [0.1, 0.15) is 22.2 Å². The van der Waals surface area contributed by atoms with E-state index in [1.807, 2.05) is 36.4 Å². The van der Waals surface area contributed by atoms with E-state index in [-0.39, 0.29) is 0 Å². The summed E-state index contributed by atoms with van der Waals surface area (Å²) >= 11 is 7.61. The highest BCUT2D eigenvalue weighted by atomic mass is 35.5. The molecule has 1 N–H and O–H groups in total. The van der Waals surface area contributed by atoms with E-state index in [4.69, 9.17) is 21.1 Å². The summed E-state index contributed by atoms with van der Waals surface area (Å²) in [6.45, 7) is 0.477. The van der Waals surface area contributed by atoms with Crippen LogP contribution in [0, 0.1) is 0 Å². The zero-order valence-electron chi connectivity index (χ0n) is 15.1. The lowest BCUT2D eigenvalue weighted by atomic mass is 10.1. The number of halogens is 1. The van der Waals surface area contributed by atoms with Gasteiger partial charge in [0, 0.05) is 5.02 Å². The molecule has 2 aromatic heterocycles. The molecule has 7 nitrogen and oxygen atoms in total. The number of ether oxygens (including phenoxy) is 2. The number of anilines is 1. The quantitative estimate of drug-likeness (QED) is 0.500. The highest BCUT2D eigenvalue weighted by Gasteiger charge is 2.15. The lowest BCUT2D eigenvalue weighted by Crippen LogP contribution is -2.05. The first-order valence-electron chi connectivity index (χ1n) is 8.38. The summed E-state index contributed by atoms with van der Waals surface area (Å²) in [4.78, 5) is 9.14. The molecular formula is C19H16ClN5O2S. The van der Waals surface area contributed by atoms with Crippen molar-refractivity contribution in [2.45, 2.75) is 6.54 Å². The van der Waals surface area contributed by atoms with E-state index in [1.165, 1.54) is 0 Å². The molecule has 4 rings (SSSR count). The number of benzene rings is 2. The second-order valence-electron chi connectivity index (χ2n) is 5.78. The molecule has 9 heteroatoms. The van der Waals surface area contributed by atoms with Crippen LogP contribution in [0.5, 0.6) is 11.5 Å². The molecule has 0 saturated carbocycles. The summed E-state index contributed by atoms with van der Waals surface area (Å²) in [7, 11) is 3.21. The molecule has 28 heavy (non-hydrogen) atoms. The minimum Gasteiger partial charge on any atom is -0.496 e. The van der Waals surface area contributed by atoms with Crippen molar-refractivity contribution < 1.29 is 9.47 Å². The Hall–Kier alpha value is -2.97. The Balaban J connectivity index is 1.59. The molecule has 0 spiro atoms. The number of nitrogens with one attached hydrogen (secondary N) is 1. The highest BCUT2D eigenvalue weighted by Crippen LogP contribution is 2.37. The minimum absolute atomic E-state index is 0.391. The Labute approximate surface area is 170 Å². The molecule has 142 valence electrons. The summed E-state index contributed by atoms with van der Waals surface area (Å²) in [5, 5.41) is 12.9. The van der Waals surface area contributed by atoms with E-state index in [0.717, 1.165) is 20.8 Å². The Morgan fingerprint density at radius 2 is 1.86 bits per heavy atom. The summed E-state index contributed by atoms with van der Waals surface area (Å²) in [5.41, 5.74) is 2.24. The van der Waals surface area contributed by atoms with Gasteiger partial charge in [-0.15, -0.1) is 16.4 Å². The van der Waals surface area contributed by atoms with Crippen LogP contribution in [-0.4, -0.2) is 34.4 Å². The predicted molar refractivity (Wildman–Crippen MR) is 110 cm³/mol. The molecule has 4 aromatic rings. The van der Waals surface area contributed by atoms with Gasteiger partial charge in [0.25, 0.3) is 0 Å². The monoisotopic (exact) mass is 413 g/mol. The van der Waals surface area contributed by atoms with Crippen molar-refractivity contribution in [3.8, 4) is 22.8 Å². The van der Waals surface area contributed by atoms with Gasteiger partial charge in [-0.05, 0) is 30.3 Å². The van der Waals surface area contributed by atoms with Crippen molar-refractivity contribution in [3.63, 3.8) is 0 Å². The molecule has 0 aliphatic carbocycles. The number of hydrogen-bond donors (Lipinski definition) is 1. The van der Waals surface area contributed by atoms with Crippen LogP contribution in [0.2, 0.25) is 5.02 Å². The average molecular weight is 414 g/mol. The van der Waals surface area contributed by atoms with Crippen molar-refractivity contribution >= 4 is 39.1 Å². The second-order valence-corrected chi connectivity index (χ2v) is 7.33. The smallest absolute Gasteiger partial charge is 0.243 e. The zero-order valence-corrected chi connectivity index (χ0v) is 16.7. The van der Waals surface area contributed by atoms with Gasteiger partial charge >= 0.3 is 0 Å². The first-order valence-corrected chi connectivity index (χ1v) is 9.57. The van der Waals surface area contributed by atoms with E-state index >= 15 is 0 Å². The van der Waals surface area contributed by atoms with E-state index in [2.05, 4.69) is 25.5 Å². The standard InChI is InChI=1S/C19H16ClN5O2S/c1-26-14-4-3-5-15(27-2)18(14)13-9-22-25-19(24-13)21-10-17-23-12-7-6-11(20)8-16(12)28-17/h3-9H,10H2,1-2H3,(H,21,24,25). The number of thiazole rings is 1. The Bertz CT molecular complexity index is 1110. The number of rotatable bonds is 6. The average Bonchev–Trinajstić information content (AvgIpc) is 3.13. The molecule has 0 fully saturated rings. The second kappa shape index (κ2) is 7.95. The molecule has 0 saturated heterocycles. The molecule has 2 heterocycles. The molecule has 0 unspecified atom stereocenters. The minimum atomic E-state index is 0.391. The maximum atomic E-state index is 6.04. The van der Waals surface area contributed by atoms with Gasteiger partial charge in [0.15, 0.2) is 0 Å². The van der Waals surface area contributed by atoms with Crippen molar-refractivity contribution in [2.75, 3.05) is 19.5 Å². The molecule has 0 atom stereocenters. The SMILES string of the molecule is COc1cccc(OC)c1-c1cnnc(NCc2nc3ccc(Cl)cc3s2)n1. The van der Waals surface area contributed by atoms with Crippen LogP contribution in [0.3, 0.4) is 0 Å². The Morgan fingerprint density at radius 3 is 2.61 bits per heavy atom. The van der Waals surface area contributed by atoms with Crippen molar-refractivity contribution in [1.82, 2.24) is 20.2 Å². The third kappa shape index (κ3) is 3.69. The fourth-order valence-corrected chi connectivity index (χ4v) is 3.96. The molecule has 0 bridgehead atoms. The van der Waals surface area contributed by atoms with Gasteiger partial charge in [-0.3, -0.25) is 0 Å². The van der Waals surface area contributed by atoms with Gasteiger partial charge in [-0.1, -0.05) is 17.7 Å². The third-order valence-electron chi connectivity index (χ3n) is 4.04. The highest BCUT2D eigenvalue weighted by molar-refractivity contribution is 7.18. The van der Waals surface area contributed by atoms with Crippen molar-refractivity contribution in [2.24, 2.45) is 0 Å². The maximum absolute atomic E-state index is 6.04. The van der Waals surface area contributed by atoms with Crippen LogP contribution in [0.15, 0.2) is 42.6 Å². The van der Waals surface area contributed by atoms with Crippen molar-refractivity contribution in [1.29, 1.82) is 0 Å². The molecule has 2 aromatic carbocycles. The molecule has 0 radical (unpaired) electrons. The molecule has 0 aliphatic heterocycles. The lowest BCUT2D eigenvalue weighted by molar-refractivity contribution is 0.397. The Kier molecular flexibility index (Phi) is 5.23. The number of fused-ring (bicyclic) bond motifs is 1. The normalized spacial score (nSPS) is 10.8. The van der Waals surface area contributed by atoms with Crippen LogP contribution in [0.1, 0.15) is 5.01 Å². The molecule has 0 aliphatic rings. The number of methoxy groups -OCH3 is 2. The number of nitrogens with zero attached hydrogens (tertiary/aromatic N) is 4. The summed E-state index contributed by atoms with van der Waals surface area (Å²) in [5.74, 6) is 1.69. The number of aromatic nitrogens is 4. The van der Waals surface area contributed by atoms with Crippen LogP contribution >= 0.6 is 22.9 Å². The zero-order chi connectivity index (χ0) is 19.5. The van der Waals surface area contributed by atoms with E-state index in [1.54, 1.807) is 31.8 Å². The topological polar surface area (TPSA) is 82.0 Å². The third-order valence-corrected chi connectivity index (χ3v) is 5.29. The fraction of sp³-hybridized carbons (Fsp3) is 0.158. The van der Waals surface area contributed by atoms with Gasteiger partial charge in [0.2, 0.25) is 5.95 Å². The molecular weight excluding hydrogens is 398 g/mol. The first-order chi connectivity index (χ1) is 13.7. The van der Waals surface area contributed by atoms with Gasteiger partial charge in [-0.25, -0.2) is 9.97 Å². The van der Waals surface area contributed by atoms with Crippen LogP contribution in [0.4, 0.5) is 5.95 Å². The summed E-state index contributed by atoms with van der Waals surface area (Å²) < 4.78 is 11.9.